The van der Waals surface area contributed by atoms with E-state index < -0.39 is 0 Å². The summed E-state index contributed by atoms with van der Waals surface area (Å²) in [6.45, 7) is 4.38. The van der Waals surface area contributed by atoms with Crippen LogP contribution in [0, 0.1) is 0 Å². The molecule has 1 atom stereocenters. The smallest absolute Gasteiger partial charge is 0.134 e. The summed E-state index contributed by atoms with van der Waals surface area (Å²) in [5.74, 6) is 0.884. The van der Waals surface area contributed by atoms with Crippen LogP contribution in [-0.4, -0.2) is 7.11 Å². The fraction of sp³-hybridized carbons (Fsp3) is 0.375. The molecule has 2 N–H and O–H groups in total. The van der Waals surface area contributed by atoms with Gasteiger partial charge in [-0.15, -0.1) is 11.3 Å². The second kappa shape index (κ2) is 6.22. The van der Waals surface area contributed by atoms with E-state index in [0.29, 0.717) is 0 Å². The lowest BCUT2D eigenvalue weighted by molar-refractivity contribution is 0.411. The summed E-state index contributed by atoms with van der Waals surface area (Å²) in [7, 11) is 1.69. The monoisotopic (exact) mass is 275 g/mol. The summed E-state index contributed by atoms with van der Waals surface area (Å²) in [4.78, 5) is 1.09. The summed E-state index contributed by atoms with van der Waals surface area (Å²) < 4.78 is 5.36. The van der Waals surface area contributed by atoms with Crippen molar-refractivity contribution in [2.75, 3.05) is 7.11 Å². The van der Waals surface area contributed by atoms with Gasteiger partial charge in [0.15, 0.2) is 0 Å². The Balaban J connectivity index is 2.36. The Morgan fingerprint density at radius 2 is 1.89 bits per heavy atom. The molecule has 2 rings (SSSR count). The van der Waals surface area contributed by atoms with Crippen molar-refractivity contribution in [3.63, 3.8) is 0 Å². The van der Waals surface area contributed by atoms with E-state index in [4.69, 9.17) is 10.5 Å². The molecule has 0 radical (unpaired) electrons. The number of aryl methyl sites for hydroxylation is 2. The maximum atomic E-state index is 6.38. The highest BCUT2D eigenvalue weighted by Gasteiger charge is 2.16. The predicted octanol–water partition coefficient (Wildman–Crippen LogP) is 3.93. The lowest BCUT2D eigenvalue weighted by Gasteiger charge is -2.15. The van der Waals surface area contributed by atoms with E-state index in [-0.39, 0.29) is 6.04 Å². The van der Waals surface area contributed by atoms with Gasteiger partial charge in [-0.2, -0.15) is 0 Å². The van der Waals surface area contributed by atoms with Gasteiger partial charge in [-0.3, -0.25) is 0 Å². The molecule has 1 aromatic carbocycles. The third kappa shape index (κ3) is 2.82. The van der Waals surface area contributed by atoms with E-state index in [0.717, 1.165) is 29.0 Å². The molecule has 0 aliphatic rings. The molecule has 1 unspecified atom stereocenters. The zero-order chi connectivity index (χ0) is 13.8. The van der Waals surface area contributed by atoms with Crippen molar-refractivity contribution in [1.82, 2.24) is 0 Å². The van der Waals surface area contributed by atoms with Crippen LogP contribution in [0.25, 0.3) is 0 Å². The SMILES string of the molecule is CCc1ccc(C(N)c2sccc2OC)cc1CC. The second-order valence-electron chi connectivity index (χ2n) is 4.57. The second-order valence-corrected chi connectivity index (χ2v) is 5.51. The average molecular weight is 275 g/mol. The quantitative estimate of drug-likeness (QED) is 0.897. The lowest BCUT2D eigenvalue weighted by atomic mass is 9.96. The normalized spacial score (nSPS) is 12.4. The molecule has 0 spiro atoms. The molecule has 0 fully saturated rings. The minimum atomic E-state index is -0.105. The molecule has 2 nitrogen and oxygen atoms in total. The van der Waals surface area contributed by atoms with E-state index in [1.54, 1.807) is 18.4 Å². The maximum Gasteiger partial charge on any atom is 0.134 e. The van der Waals surface area contributed by atoms with Gasteiger partial charge in [0.25, 0.3) is 0 Å². The van der Waals surface area contributed by atoms with Gasteiger partial charge in [0, 0.05) is 0 Å². The van der Waals surface area contributed by atoms with Crippen molar-refractivity contribution in [3.8, 4) is 5.75 Å². The molecular weight excluding hydrogens is 254 g/mol. The first-order valence-corrected chi connectivity index (χ1v) is 7.57. The molecule has 0 aliphatic carbocycles. The Morgan fingerprint density at radius 1 is 1.16 bits per heavy atom. The predicted molar refractivity (Wildman–Crippen MR) is 82.1 cm³/mol. The van der Waals surface area contributed by atoms with E-state index in [1.807, 2.05) is 11.4 Å². The van der Waals surface area contributed by atoms with Crippen LogP contribution in [0.5, 0.6) is 5.75 Å². The molecule has 0 saturated heterocycles. The summed E-state index contributed by atoms with van der Waals surface area (Å²) in [6, 6.07) is 8.45. The van der Waals surface area contributed by atoms with Crippen molar-refractivity contribution in [2.45, 2.75) is 32.7 Å². The van der Waals surface area contributed by atoms with Crippen LogP contribution in [0.4, 0.5) is 0 Å². The average Bonchev–Trinajstić information content (AvgIpc) is 2.94. The van der Waals surface area contributed by atoms with Gasteiger partial charge in [0.05, 0.1) is 18.0 Å². The number of hydrogen-bond acceptors (Lipinski definition) is 3. The highest BCUT2D eigenvalue weighted by Crippen LogP contribution is 2.33. The largest absolute Gasteiger partial charge is 0.496 e. The van der Waals surface area contributed by atoms with Crippen LogP contribution in [0.2, 0.25) is 0 Å². The van der Waals surface area contributed by atoms with Crippen molar-refractivity contribution >= 4 is 11.3 Å². The van der Waals surface area contributed by atoms with Crippen LogP contribution < -0.4 is 10.5 Å². The van der Waals surface area contributed by atoms with Gasteiger partial charge in [0.1, 0.15) is 5.75 Å². The minimum absolute atomic E-state index is 0.105. The molecule has 0 amide bonds. The summed E-state index contributed by atoms with van der Waals surface area (Å²) >= 11 is 1.65. The van der Waals surface area contributed by atoms with Crippen LogP contribution in [-0.2, 0) is 12.8 Å². The molecule has 1 aromatic heterocycles. The third-order valence-electron chi connectivity index (χ3n) is 3.51. The number of nitrogens with two attached hydrogens (primary N) is 1. The number of benzene rings is 1. The van der Waals surface area contributed by atoms with Crippen molar-refractivity contribution in [3.05, 3.63) is 51.2 Å². The Labute approximate surface area is 119 Å². The molecule has 0 aliphatic heterocycles. The van der Waals surface area contributed by atoms with E-state index in [9.17, 15) is 0 Å². The van der Waals surface area contributed by atoms with Crippen LogP contribution >= 0.6 is 11.3 Å². The zero-order valence-corrected chi connectivity index (χ0v) is 12.6. The maximum absolute atomic E-state index is 6.38. The standard InChI is InChI=1S/C16H21NOS/c1-4-11-6-7-13(10-12(11)5-2)15(17)16-14(18-3)8-9-19-16/h6-10,15H,4-5,17H2,1-3H3. The fourth-order valence-corrected chi connectivity index (χ4v) is 3.26. The van der Waals surface area contributed by atoms with Crippen LogP contribution in [0.3, 0.4) is 0 Å². The fourth-order valence-electron chi connectivity index (χ4n) is 2.37. The minimum Gasteiger partial charge on any atom is -0.496 e. The van der Waals surface area contributed by atoms with Gasteiger partial charge < -0.3 is 10.5 Å². The molecule has 102 valence electrons. The molecular formula is C16H21NOS. The first-order chi connectivity index (χ1) is 9.21. The van der Waals surface area contributed by atoms with Crippen LogP contribution in [0.1, 0.15) is 41.5 Å². The van der Waals surface area contributed by atoms with Crippen molar-refractivity contribution in [1.29, 1.82) is 0 Å². The molecule has 0 bridgehead atoms. The van der Waals surface area contributed by atoms with E-state index in [2.05, 4.69) is 32.0 Å². The Hall–Kier alpha value is -1.32. The number of hydrogen-bond donors (Lipinski definition) is 1. The van der Waals surface area contributed by atoms with E-state index >= 15 is 0 Å². The summed E-state index contributed by atoms with van der Waals surface area (Å²) in [5, 5.41) is 2.02. The summed E-state index contributed by atoms with van der Waals surface area (Å²) in [6.07, 6.45) is 2.12. The highest BCUT2D eigenvalue weighted by atomic mass is 32.1. The molecule has 19 heavy (non-hydrogen) atoms. The zero-order valence-electron chi connectivity index (χ0n) is 11.8. The van der Waals surface area contributed by atoms with Gasteiger partial charge in [0.2, 0.25) is 0 Å². The molecule has 0 saturated carbocycles. The first-order valence-electron chi connectivity index (χ1n) is 6.69. The number of methoxy groups -OCH3 is 1. The third-order valence-corrected chi connectivity index (χ3v) is 4.49. The molecule has 1 heterocycles. The van der Waals surface area contributed by atoms with Crippen molar-refractivity contribution < 1.29 is 4.74 Å². The number of rotatable bonds is 5. The molecule has 3 heteroatoms. The van der Waals surface area contributed by atoms with Crippen LogP contribution in [0.15, 0.2) is 29.6 Å². The Kier molecular flexibility index (Phi) is 4.61. The summed E-state index contributed by atoms with van der Waals surface area (Å²) in [5.41, 5.74) is 10.4. The van der Waals surface area contributed by atoms with Gasteiger partial charge in [-0.25, -0.2) is 0 Å². The lowest BCUT2D eigenvalue weighted by Crippen LogP contribution is -2.12. The van der Waals surface area contributed by atoms with Gasteiger partial charge in [-0.05, 0) is 41.0 Å². The highest BCUT2D eigenvalue weighted by molar-refractivity contribution is 7.10. The first kappa shape index (κ1) is 14.1. The number of thiophene rings is 1. The Morgan fingerprint density at radius 3 is 2.53 bits per heavy atom. The molecule has 2 aromatic rings. The van der Waals surface area contributed by atoms with Crippen molar-refractivity contribution in [2.24, 2.45) is 5.73 Å². The van der Waals surface area contributed by atoms with Gasteiger partial charge >= 0.3 is 0 Å². The van der Waals surface area contributed by atoms with E-state index in [1.165, 1.54) is 11.1 Å². The Bertz CT molecular complexity index is 547. The van der Waals surface area contributed by atoms with Gasteiger partial charge in [-0.1, -0.05) is 32.0 Å². The topological polar surface area (TPSA) is 35.2 Å². The number of ether oxygens (including phenoxy) is 1.